The van der Waals surface area contributed by atoms with Crippen LogP contribution in [0.4, 0.5) is 4.79 Å². The zero-order chi connectivity index (χ0) is 107. The zero-order valence-electron chi connectivity index (χ0n) is 81.8. The van der Waals surface area contributed by atoms with Gasteiger partial charge in [0.1, 0.15) is 150 Å². The summed E-state index contributed by atoms with van der Waals surface area (Å²) in [5.74, 6) is 5.24. The monoisotopic (exact) mass is 2150 g/mol. The number of carbonyl (C=O) groups is 5. The number of phenolic OH excluding ortho intramolecular Hbond substituents is 3. The summed E-state index contributed by atoms with van der Waals surface area (Å²) in [7, 11) is 4.54. The predicted molar refractivity (Wildman–Crippen MR) is 553 cm³/mol. The second kappa shape index (κ2) is 68.1. The van der Waals surface area contributed by atoms with Gasteiger partial charge in [-0.3, -0.25) is 0 Å². The van der Waals surface area contributed by atoms with Gasteiger partial charge in [0.25, 0.3) is 0 Å². The lowest BCUT2D eigenvalue weighted by atomic mass is 9.80. The quantitative estimate of drug-likeness (QED) is 0.00421. The number of phenols is 3. The Balaban J connectivity index is 0.000000371. The number of benzene rings is 11. The van der Waals surface area contributed by atoms with Crippen LogP contribution in [0.15, 0.2) is 282 Å². The molecule has 784 valence electrons. The summed E-state index contributed by atoms with van der Waals surface area (Å²) in [5, 5.41) is 106. The molecule has 146 heavy (non-hydrogen) atoms. The van der Waals surface area contributed by atoms with Crippen LogP contribution in [0.1, 0.15) is 40.2 Å². The number of cyclic esters (lactones) is 2. The minimum absolute atomic E-state index is 0. The molecule has 11 aromatic rings. The highest BCUT2D eigenvalue weighted by atomic mass is 79.9. The normalized spacial score (nSPS) is 10.5. The summed E-state index contributed by atoms with van der Waals surface area (Å²) < 4.78 is 102. The highest BCUT2D eigenvalue weighted by molar-refractivity contribution is 9.10. The van der Waals surface area contributed by atoms with Gasteiger partial charge in [0.05, 0.1) is 68.1 Å². The number of rotatable bonds is 45. The third kappa shape index (κ3) is 46.9. The van der Waals surface area contributed by atoms with Crippen LogP contribution < -0.4 is 76.5 Å². The Kier molecular flexibility index (Phi) is 56.6. The minimum atomic E-state index is -1.52. The number of halogens is 2. The van der Waals surface area contributed by atoms with Crippen molar-refractivity contribution in [3.63, 3.8) is 0 Å². The fourth-order valence-corrected chi connectivity index (χ4v) is 12.4. The topological polar surface area (TPSA) is 503 Å². The summed E-state index contributed by atoms with van der Waals surface area (Å²) in [6, 6.07) is 65.7. The molecule has 12 N–H and O–H groups in total. The number of esters is 3. The van der Waals surface area contributed by atoms with Crippen molar-refractivity contribution in [2.75, 3.05) is 147 Å². The van der Waals surface area contributed by atoms with Crippen LogP contribution in [0.2, 0.25) is 0 Å². The Morgan fingerprint density at radius 2 is 0.637 bits per heavy atom. The van der Waals surface area contributed by atoms with E-state index in [1.165, 1.54) is 46.5 Å². The Hall–Kier alpha value is -15.2. The van der Waals surface area contributed by atoms with Crippen molar-refractivity contribution in [3.8, 4) is 137 Å². The van der Waals surface area contributed by atoms with E-state index in [-0.39, 0.29) is 141 Å². The van der Waals surface area contributed by atoms with Gasteiger partial charge in [0, 0.05) is 63.0 Å². The van der Waals surface area contributed by atoms with Crippen LogP contribution >= 0.6 is 31.9 Å². The van der Waals surface area contributed by atoms with Crippen molar-refractivity contribution < 1.29 is 177 Å². The Morgan fingerprint density at radius 3 is 0.945 bits per heavy atom. The number of aliphatic hydroxyl groups is 6. The average molecular weight is 2160 g/mol. The van der Waals surface area contributed by atoms with Gasteiger partial charge in [0.2, 0.25) is 0 Å². The van der Waals surface area contributed by atoms with E-state index < -0.39 is 37.2 Å². The molecule has 0 aliphatic carbocycles. The highest BCUT2D eigenvalue weighted by Crippen LogP contribution is 2.41. The standard InChI is InChI=1S/C29H32O9.C24H26O6.C17H20O6.C14H15BO4.C10H13BrO4.C6H5BrO2.C4H6O2.C3H4O3.H2/c1-18(2)27(30)36-12-10-34-23-14-22(15-24(17-23)35-11-13-37-28(31)19(3)4)21-8-9-25(26(16-21)33-7)38-29(32)20(5)6;1-27-24-15-19(7-8-23(24)30-17-18-5-3-2-4-6-18)20-13-21(28-11-9-25)16-22(14-20)29-12-10-26;1-21-17-10-12(2-3-16(17)20)13-8-14(22-6-4-18)11-15(9-13)23-7-5-19;1-18-14-9-12(15(16)17)7-8-13(14)19-10-11-5-3-2-4-6-11;11-8-5-9(14-3-1-12)7-10(6-8)15-4-2-13;7-4-1-5(8)3-6(9)2-4;1-3(2)4(5)6;4-3-5-1-2-6-3;/h8-9,14-17H,1,3,5,10-13H2,2,4,6-7H3;2-8,13-16,25-26H,9-12,17H2,1H3;2-3,8-11,18-20H,4-7H2,1H3;2-9,16-17H,10H2,1H3;5-7,12-13H,1-4H2;1-3,8-9H;1H2,2H3,(H,5,6);1-2H2;1H. The zero-order valence-corrected chi connectivity index (χ0v) is 85.0. The molecule has 1 aliphatic rings. The van der Waals surface area contributed by atoms with Gasteiger partial charge >= 0.3 is 37.2 Å². The van der Waals surface area contributed by atoms with Crippen molar-refractivity contribution in [2.45, 2.75) is 40.9 Å². The van der Waals surface area contributed by atoms with Crippen molar-refractivity contribution in [2.24, 2.45) is 0 Å². The van der Waals surface area contributed by atoms with E-state index >= 15 is 0 Å². The molecule has 1 aliphatic heterocycles. The molecule has 12 rings (SSSR count). The maximum Gasteiger partial charge on any atom is 0.508 e. The van der Waals surface area contributed by atoms with E-state index in [0.29, 0.717) is 134 Å². The van der Waals surface area contributed by atoms with E-state index in [4.69, 9.17) is 137 Å². The first-order valence-corrected chi connectivity index (χ1v) is 46.1. The molecule has 0 atom stereocenters. The molecule has 1 saturated heterocycles. The summed E-state index contributed by atoms with van der Waals surface area (Å²) >= 11 is 6.40. The molecule has 36 nitrogen and oxygen atoms in total. The number of carboxylic acids is 1. The maximum atomic E-state index is 12.0. The summed E-state index contributed by atoms with van der Waals surface area (Å²) in [6.45, 7) is 22.7. The molecular formula is C107H123BBr2O36. The van der Waals surface area contributed by atoms with Gasteiger partial charge in [-0.25, -0.2) is 24.0 Å². The van der Waals surface area contributed by atoms with Crippen molar-refractivity contribution in [3.05, 3.63) is 293 Å². The smallest absolute Gasteiger partial charge is 0.508 e. The third-order valence-corrected chi connectivity index (χ3v) is 19.2. The first-order chi connectivity index (χ1) is 70.1. The summed E-state index contributed by atoms with van der Waals surface area (Å²) in [5.41, 5.74) is 8.27. The molecule has 39 heteroatoms. The first-order valence-electron chi connectivity index (χ1n) is 44.6. The molecule has 0 radical (unpaired) electrons. The van der Waals surface area contributed by atoms with E-state index in [0.717, 1.165) is 43.4 Å². The third-order valence-electron chi connectivity index (χ3n) is 18.3. The van der Waals surface area contributed by atoms with Crippen molar-refractivity contribution in [1.82, 2.24) is 0 Å². The Labute approximate surface area is 864 Å². The Bertz CT molecular complexity index is 5730. The maximum absolute atomic E-state index is 12.0. The Morgan fingerprint density at radius 1 is 0.336 bits per heavy atom. The second-order valence-corrected chi connectivity index (χ2v) is 31.8. The van der Waals surface area contributed by atoms with Gasteiger partial charge in [-0.2, -0.15) is 0 Å². The number of ether oxygens (including phenoxy) is 19. The molecule has 0 bridgehead atoms. The highest BCUT2D eigenvalue weighted by Gasteiger charge is 2.20. The van der Waals surface area contributed by atoms with Gasteiger partial charge in [-0.15, -0.1) is 0 Å². The minimum Gasteiger partial charge on any atom is -0.508 e. The second-order valence-electron chi connectivity index (χ2n) is 30.0. The number of aliphatic hydroxyl groups excluding tert-OH is 6. The lowest BCUT2D eigenvalue weighted by Crippen LogP contribution is -2.29. The van der Waals surface area contributed by atoms with Crippen LogP contribution in [0.5, 0.6) is 103 Å². The lowest BCUT2D eigenvalue weighted by molar-refractivity contribution is -0.140. The van der Waals surface area contributed by atoms with Gasteiger partial charge in [-0.1, -0.05) is 143 Å². The molecule has 11 aromatic carbocycles. The average Bonchev–Trinajstić information content (AvgIpc) is 0.897. The number of carbonyl (C=O) groups excluding carboxylic acids is 4. The summed E-state index contributed by atoms with van der Waals surface area (Å²) in [6.07, 6.45) is -0.546. The van der Waals surface area contributed by atoms with Crippen LogP contribution in [-0.2, 0) is 51.3 Å². The molecule has 1 heterocycles. The fourth-order valence-electron chi connectivity index (χ4n) is 11.5. The molecule has 0 saturated carbocycles. The van der Waals surface area contributed by atoms with E-state index in [2.05, 4.69) is 67.6 Å². The molecule has 0 amide bonds. The number of carboxylic acid groups (broad SMARTS) is 1. The van der Waals surface area contributed by atoms with E-state index in [1.807, 2.05) is 91.0 Å². The van der Waals surface area contributed by atoms with Crippen molar-refractivity contribution in [1.29, 1.82) is 0 Å². The van der Waals surface area contributed by atoms with Crippen LogP contribution in [0, 0.1) is 0 Å². The number of hydrogen-bond donors (Lipinski definition) is 12. The van der Waals surface area contributed by atoms with Crippen LogP contribution in [0.25, 0.3) is 33.4 Å². The van der Waals surface area contributed by atoms with Gasteiger partial charge in [0.15, 0.2) is 46.0 Å². The largest absolute Gasteiger partial charge is 0.508 e. The first kappa shape index (κ1) is 121. The lowest BCUT2D eigenvalue weighted by Gasteiger charge is -2.15. The molecule has 0 unspecified atom stereocenters. The number of hydrogen-bond acceptors (Lipinski definition) is 35. The van der Waals surface area contributed by atoms with Gasteiger partial charge in [-0.05, 0) is 187 Å². The fraction of sp³-hybridized carbons (Fsp3) is 0.262. The van der Waals surface area contributed by atoms with E-state index in [1.54, 1.807) is 143 Å². The number of aliphatic carboxylic acids is 1. The summed E-state index contributed by atoms with van der Waals surface area (Å²) in [4.78, 5) is 54.5. The van der Waals surface area contributed by atoms with Gasteiger partial charge < -0.3 is 151 Å². The number of aromatic hydroxyl groups is 3. The van der Waals surface area contributed by atoms with Crippen LogP contribution in [-0.4, -0.2) is 246 Å². The molecule has 1 fully saturated rings. The number of methoxy groups -OCH3 is 4. The van der Waals surface area contributed by atoms with E-state index in [9.17, 15) is 29.1 Å². The predicted octanol–water partition coefficient (Wildman–Crippen LogP) is 15.4. The SMILES string of the molecule is C=C(C)C(=O)O.C=C(C)C(=O)OCCOc1cc(OCCOC(=O)C(=C)C)cc(-c2ccc(OC(=O)C(=C)C)c(OC)c2)c1.COc1cc(-c2cc(OCCO)cc(OCCO)c2)ccc1O.COc1cc(-c2cc(OCCO)cc(OCCO)c2)ccc1OCc1ccccc1.COc1cc(B(O)O)ccc1OCc1ccccc1.O=C1OCCO1.OCCOc1cc(Br)cc(OCCO)c1.Oc1cc(O)cc(Br)c1.[HH]. The molecular weight excluding hydrogens is 2030 g/mol. The van der Waals surface area contributed by atoms with Crippen LogP contribution in [0.3, 0.4) is 0 Å². The van der Waals surface area contributed by atoms with Crippen molar-refractivity contribution >= 4 is 74.5 Å². The molecule has 0 spiro atoms. The molecule has 0 aromatic heterocycles.